The number of hydrogen-bond acceptors (Lipinski definition) is 0. The van der Waals surface area contributed by atoms with E-state index < -0.39 is 0 Å². The lowest BCUT2D eigenvalue weighted by Gasteiger charge is -2.26. The van der Waals surface area contributed by atoms with Crippen LogP contribution >= 0.6 is 50.7 Å². The average Bonchev–Trinajstić information content (AvgIpc) is 2.92. The van der Waals surface area contributed by atoms with Gasteiger partial charge in [-0.15, -0.1) is 0 Å². The summed E-state index contributed by atoms with van der Waals surface area (Å²) in [5.41, 5.74) is 5.44. The first-order valence-electron chi connectivity index (χ1n) is 13.8. The smallest absolute Gasteiger partial charge is 0.142 e. The maximum Gasteiger partial charge on any atom is 0.142 e. The molecular formula is C32H38BrCl3F2. The maximum absolute atomic E-state index is 13.4. The monoisotopic (exact) mass is 644 g/mol. The lowest BCUT2D eigenvalue weighted by molar-refractivity contribution is 0.296. The van der Waals surface area contributed by atoms with E-state index in [1.165, 1.54) is 57.8 Å². The van der Waals surface area contributed by atoms with Gasteiger partial charge in [0.15, 0.2) is 0 Å². The van der Waals surface area contributed by atoms with Gasteiger partial charge in [0.05, 0.1) is 9.50 Å². The van der Waals surface area contributed by atoms with E-state index in [9.17, 15) is 8.78 Å². The number of halogens is 6. The molecule has 38 heavy (non-hydrogen) atoms. The van der Waals surface area contributed by atoms with Gasteiger partial charge in [-0.2, -0.15) is 0 Å². The van der Waals surface area contributed by atoms with Crippen LogP contribution in [0.1, 0.15) is 75.3 Å². The lowest BCUT2D eigenvalue weighted by atomic mass is 9.79. The van der Waals surface area contributed by atoms with Gasteiger partial charge in [-0.1, -0.05) is 59.1 Å². The minimum Gasteiger partial charge on any atom is -0.206 e. The molecule has 0 aromatic heterocycles. The second-order valence-electron chi connectivity index (χ2n) is 10.8. The summed E-state index contributed by atoms with van der Waals surface area (Å²) >= 11 is 20.1. The van der Waals surface area contributed by atoms with Crippen molar-refractivity contribution in [2.75, 3.05) is 0 Å². The molecule has 0 bridgehead atoms. The van der Waals surface area contributed by atoms with E-state index in [-0.39, 0.29) is 16.7 Å². The van der Waals surface area contributed by atoms with Gasteiger partial charge in [0.2, 0.25) is 0 Å². The van der Waals surface area contributed by atoms with Crippen LogP contribution < -0.4 is 0 Å². The van der Waals surface area contributed by atoms with Crippen LogP contribution in [0.25, 0.3) is 0 Å². The minimum absolute atomic E-state index is 0.159. The Bertz CT molecular complexity index is 955. The normalized spacial score (nSPS) is 23.9. The molecule has 2 aliphatic rings. The Morgan fingerprint density at radius 3 is 1.55 bits per heavy atom. The van der Waals surface area contributed by atoms with Crippen LogP contribution in [-0.2, 0) is 12.8 Å². The van der Waals surface area contributed by atoms with E-state index in [4.69, 9.17) is 34.8 Å². The van der Waals surface area contributed by atoms with Gasteiger partial charge in [-0.05, 0) is 152 Å². The molecule has 0 spiro atoms. The van der Waals surface area contributed by atoms with E-state index in [0.29, 0.717) is 16.3 Å². The molecule has 2 aromatic carbocycles. The molecule has 2 fully saturated rings. The van der Waals surface area contributed by atoms with Crippen molar-refractivity contribution >= 4 is 50.7 Å². The summed E-state index contributed by atoms with van der Waals surface area (Å²) in [7, 11) is 0. The molecule has 0 aliphatic heterocycles. The van der Waals surface area contributed by atoms with Crippen molar-refractivity contribution in [3.05, 3.63) is 91.9 Å². The topological polar surface area (TPSA) is 0 Å². The SMILES string of the molecule is Fc1cc(CCC2CCC(/C=C/Cl)CC2)ccc1Br.Fc1cc(CCC2CCC(/C=C/Cl)CC2)ccc1Cl. The van der Waals surface area contributed by atoms with Crippen molar-refractivity contribution in [3.63, 3.8) is 0 Å². The van der Waals surface area contributed by atoms with Gasteiger partial charge >= 0.3 is 0 Å². The molecule has 2 aromatic rings. The number of hydrogen-bond donors (Lipinski definition) is 0. The minimum atomic E-state index is -0.310. The molecule has 0 atom stereocenters. The van der Waals surface area contributed by atoms with Crippen molar-refractivity contribution in [1.82, 2.24) is 0 Å². The standard InChI is InChI=1S/C16H19BrClF.C16H19Cl2F/c17-15-8-7-14(11-16(15)19)6-5-12-1-3-13(4-2-12)9-10-18;17-10-9-13-3-1-12(2-4-13)5-6-14-7-8-15(18)16(19)11-14/h2*7-13H,1-6H2/b2*10-9+. The summed E-state index contributed by atoms with van der Waals surface area (Å²) in [6, 6.07) is 10.6. The molecule has 4 rings (SSSR count). The van der Waals surface area contributed by atoms with E-state index in [2.05, 4.69) is 28.1 Å². The summed E-state index contributed by atoms with van der Waals surface area (Å²) in [4.78, 5) is 0. The summed E-state index contributed by atoms with van der Waals surface area (Å²) in [6.45, 7) is 0. The first-order valence-corrected chi connectivity index (χ1v) is 15.8. The quantitative estimate of drug-likeness (QED) is 0.268. The van der Waals surface area contributed by atoms with Gasteiger partial charge < -0.3 is 0 Å². The zero-order valence-corrected chi connectivity index (χ0v) is 25.7. The largest absolute Gasteiger partial charge is 0.206 e. The van der Waals surface area contributed by atoms with Gasteiger partial charge in [0.1, 0.15) is 11.6 Å². The van der Waals surface area contributed by atoms with Crippen LogP contribution in [0.5, 0.6) is 0 Å². The number of rotatable bonds is 8. The van der Waals surface area contributed by atoms with Crippen LogP contribution in [0, 0.1) is 35.3 Å². The second kappa shape index (κ2) is 17.1. The van der Waals surface area contributed by atoms with Crippen molar-refractivity contribution in [2.24, 2.45) is 23.7 Å². The van der Waals surface area contributed by atoms with Gasteiger partial charge in [-0.3, -0.25) is 0 Å². The maximum atomic E-state index is 13.4. The second-order valence-corrected chi connectivity index (χ2v) is 12.5. The average molecular weight is 647 g/mol. The van der Waals surface area contributed by atoms with E-state index in [0.717, 1.165) is 42.2 Å². The fraction of sp³-hybridized carbons (Fsp3) is 0.500. The van der Waals surface area contributed by atoms with E-state index in [1.807, 2.05) is 12.1 Å². The predicted molar refractivity (Wildman–Crippen MR) is 163 cm³/mol. The summed E-state index contributed by atoms with van der Waals surface area (Å²) in [5.74, 6) is 2.40. The Kier molecular flexibility index (Phi) is 14.2. The summed E-state index contributed by atoms with van der Waals surface area (Å²) in [5, 5.41) is 0.206. The van der Waals surface area contributed by atoms with Crippen molar-refractivity contribution < 1.29 is 8.78 Å². The third kappa shape index (κ3) is 11.0. The third-order valence-electron chi connectivity index (χ3n) is 8.12. The molecule has 0 amide bonds. The zero-order chi connectivity index (χ0) is 27.3. The highest BCUT2D eigenvalue weighted by Gasteiger charge is 2.20. The Morgan fingerprint density at radius 1 is 0.684 bits per heavy atom. The fourth-order valence-corrected chi connectivity index (χ4v) is 6.45. The molecule has 2 saturated carbocycles. The molecule has 0 heterocycles. The molecule has 208 valence electrons. The zero-order valence-electron chi connectivity index (χ0n) is 21.8. The first kappa shape index (κ1) is 31.7. The first-order chi connectivity index (χ1) is 18.4. The predicted octanol–water partition coefficient (Wildman–Crippen LogP) is 12.1. The van der Waals surface area contributed by atoms with Crippen LogP contribution in [-0.4, -0.2) is 0 Å². The molecule has 0 radical (unpaired) electrons. The van der Waals surface area contributed by atoms with Gasteiger partial charge in [0, 0.05) is 11.1 Å². The number of aryl methyl sites for hydroxylation is 2. The number of benzene rings is 2. The molecular weight excluding hydrogens is 609 g/mol. The Hall–Kier alpha value is -0.870. The highest BCUT2D eigenvalue weighted by molar-refractivity contribution is 9.10. The van der Waals surface area contributed by atoms with Crippen LogP contribution in [0.4, 0.5) is 8.78 Å². The molecule has 0 nitrogen and oxygen atoms in total. The molecule has 0 saturated heterocycles. The Balaban J connectivity index is 0.000000211. The van der Waals surface area contributed by atoms with Crippen molar-refractivity contribution in [3.8, 4) is 0 Å². The fourth-order valence-electron chi connectivity index (χ4n) is 5.68. The van der Waals surface area contributed by atoms with Crippen LogP contribution in [0.3, 0.4) is 0 Å². The Morgan fingerprint density at radius 2 is 1.13 bits per heavy atom. The van der Waals surface area contributed by atoms with Crippen LogP contribution in [0.15, 0.2) is 64.1 Å². The molecule has 6 heteroatoms. The van der Waals surface area contributed by atoms with Gasteiger partial charge in [-0.25, -0.2) is 8.78 Å². The lowest BCUT2D eigenvalue weighted by Crippen LogP contribution is -2.13. The summed E-state index contributed by atoms with van der Waals surface area (Å²) in [6.07, 6.45) is 18.4. The molecule has 0 N–H and O–H groups in total. The number of allylic oxidation sites excluding steroid dienone is 2. The van der Waals surface area contributed by atoms with Crippen molar-refractivity contribution in [2.45, 2.75) is 77.0 Å². The Labute approximate surface area is 251 Å². The molecule has 0 unspecified atom stereocenters. The van der Waals surface area contributed by atoms with Crippen molar-refractivity contribution in [1.29, 1.82) is 0 Å². The van der Waals surface area contributed by atoms with Crippen LogP contribution in [0.2, 0.25) is 5.02 Å². The highest BCUT2D eigenvalue weighted by Crippen LogP contribution is 2.34. The van der Waals surface area contributed by atoms with E-state index in [1.54, 1.807) is 35.3 Å². The highest BCUT2D eigenvalue weighted by atomic mass is 79.9. The van der Waals surface area contributed by atoms with E-state index >= 15 is 0 Å². The van der Waals surface area contributed by atoms with Gasteiger partial charge in [0.25, 0.3) is 0 Å². The third-order valence-corrected chi connectivity index (χ3v) is 9.36. The summed E-state index contributed by atoms with van der Waals surface area (Å²) < 4.78 is 27.3. The molecule has 2 aliphatic carbocycles.